The molecule has 1 aromatic rings. The van der Waals surface area contributed by atoms with E-state index in [0.717, 1.165) is 6.42 Å². The second-order valence-electron chi connectivity index (χ2n) is 4.62. The number of rotatable bonds is 8. The largest absolute Gasteiger partial charge is 0.487 e. The molecule has 0 heterocycles. The molecule has 116 valence electrons. The van der Waals surface area contributed by atoms with Crippen molar-refractivity contribution in [2.24, 2.45) is 0 Å². The van der Waals surface area contributed by atoms with E-state index in [-0.39, 0.29) is 24.0 Å². The summed E-state index contributed by atoms with van der Waals surface area (Å²) in [6.07, 6.45) is 0.758. The van der Waals surface area contributed by atoms with Crippen LogP contribution in [0.25, 0.3) is 0 Å². The lowest BCUT2D eigenvalue weighted by molar-refractivity contribution is -0.385. The summed E-state index contributed by atoms with van der Waals surface area (Å²) in [5.74, 6) is -0.801. The molecule has 0 amide bonds. The van der Waals surface area contributed by atoms with Crippen LogP contribution in [0.5, 0.6) is 5.75 Å². The Morgan fingerprint density at radius 1 is 1.48 bits per heavy atom. The highest BCUT2D eigenvalue weighted by Gasteiger charge is 2.21. The van der Waals surface area contributed by atoms with Crippen molar-refractivity contribution in [2.45, 2.75) is 33.2 Å². The summed E-state index contributed by atoms with van der Waals surface area (Å²) in [6.45, 7) is 5.73. The van der Waals surface area contributed by atoms with E-state index in [0.29, 0.717) is 12.3 Å². The van der Waals surface area contributed by atoms with Gasteiger partial charge < -0.3 is 14.7 Å². The Bertz CT molecular complexity index is 518. The lowest BCUT2D eigenvalue weighted by Gasteiger charge is -2.29. The number of carboxylic acid groups (broad SMARTS) is 1. The standard InChI is InChI=1S/C14H20N2O5/c1-4-10(3)15(9-14(17)18)11-6-7-12(16(19)20)13(8-11)21-5-2/h6-8,10H,4-5,9H2,1-3H3,(H,17,18). The first-order valence-electron chi connectivity index (χ1n) is 6.80. The van der Waals surface area contributed by atoms with E-state index in [4.69, 9.17) is 9.84 Å². The zero-order chi connectivity index (χ0) is 16.0. The van der Waals surface area contributed by atoms with Crippen molar-refractivity contribution in [3.63, 3.8) is 0 Å². The van der Waals surface area contributed by atoms with E-state index in [9.17, 15) is 14.9 Å². The predicted octanol–water partition coefficient (Wildman–Crippen LogP) is 2.68. The SMILES string of the molecule is CCOc1cc(N(CC(=O)O)C(C)CC)ccc1[N+](=O)[O-]. The van der Waals surface area contributed by atoms with Gasteiger partial charge in [0, 0.05) is 23.9 Å². The van der Waals surface area contributed by atoms with Crippen molar-refractivity contribution in [3.05, 3.63) is 28.3 Å². The molecular weight excluding hydrogens is 276 g/mol. The fourth-order valence-corrected chi connectivity index (χ4v) is 1.97. The van der Waals surface area contributed by atoms with Crippen LogP contribution in [0.2, 0.25) is 0 Å². The van der Waals surface area contributed by atoms with Crippen LogP contribution in [0.3, 0.4) is 0 Å². The van der Waals surface area contributed by atoms with Gasteiger partial charge in [0.05, 0.1) is 11.5 Å². The molecule has 1 rings (SSSR count). The minimum atomic E-state index is -0.952. The van der Waals surface area contributed by atoms with Gasteiger partial charge in [0.1, 0.15) is 6.54 Å². The first kappa shape index (κ1) is 16.7. The maximum atomic E-state index is 11.0. The molecule has 0 saturated heterocycles. The molecule has 0 spiro atoms. The van der Waals surface area contributed by atoms with Crippen molar-refractivity contribution in [1.82, 2.24) is 0 Å². The number of nitrogens with zero attached hydrogens (tertiary/aromatic N) is 2. The Kier molecular flexibility index (Phi) is 5.95. The second kappa shape index (κ2) is 7.47. The summed E-state index contributed by atoms with van der Waals surface area (Å²) in [5, 5.41) is 20.0. The maximum Gasteiger partial charge on any atom is 0.323 e. The molecule has 7 nitrogen and oxygen atoms in total. The van der Waals surface area contributed by atoms with E-state index in [2.05, 4.69) is 0 Å². The molecule has 0 fully saturated rings. The van der Waals surface area contributed by atoms with Crippen LogP contribution < -0.4 is 9.64 Å². The molecule has 21 heavy (non-hydrogen) atoms. The Morgan fingerprint density at radius 3 is 2.62 bits per heavy atom. The van der Waals surface area contributed by atoms with Gasteiger partial charge in [-0.2, -0.15) is 0 Å². The molecule has 0 aliphatic rings. The molecular formula is C14H20N2O5. The number of aliphatic carboxylic acids is 1. The topological polar surface area (TPSA) is 92.9 Å². The highest BCUT2D eigenvalue weighted by Crippen LogP contribution is 2.32. The van der Waals surface area contributed by atoms with Gasteiger partial charge in [-0.1, -0.05) is 6.92 Å². The van der Waals surface area contributed by atoms with Gasteiger partial charge in [-0.3, -0.25) is 14.9 Å². The summed E-state index contributed by atoms with van der Waals surface area (Å²) >= 11 is 0. The highest BCUT2D eigenvalue weighted by atomic mass is 16.6. The number of carbonyl (C=O) groups is 1. The fraction of sp³-hybridized carbons (Fsp3) is 0.500. The quantitative estimate of drug-likeness (QED) is 0.585. The van der Waals surface area contributed by atoms with Crippen LogP contribution >= 0.6 is 0 Å². The van der Waals surface area contributed by atoms with E-state index in [1.54, 1.807) is 17.9 Å². The minimum absolute atomic E-state index is 0.00275. The zero-order valence-corrected chi connectivity index (χ0v) is 12.4. The van der Waals surface area contributed by atoms with Crippen LogP contribution in [-0.4, -0.2) is 35.2 Å². The van der Waals surface area contributed by atoms with Gasteiger partial charge in [-0.15, -0.1) is 0 Å². The molecule has 0 bridgehead atoms. The maximum absolute atomic E-state index is 11.0. The molecule has 1 N–H and O–H groups in total. The van der Waals surface area contributed by atoms with E-state index in [1.165, 1.54) is 12.1 Å². The molecule has 0 saturated carbocycles. The van der Waals surface area contributed by atoms with Crippen molar-refractivity contribution >= 4 is 17.3 Å². The first-order valence-corrected chi connectivity index (χ1v) is 6.80. The third-order valence-electron chi connectivity index (χ3n) is 3.20. The number of hydrogen-bond acceptors (Lipinski definition) is 5. The first-order chi connectivity index (χ1) is 9.90. The second-order valence-corrected chi connectivity index (χ2v) is 4.62. The van der Waals surface area contributed by atoms with Crippen LogP contribution in [0.15, 0.2) is 18.2 Å². The number of benzene rings is 1. The number of hydrogen-bond donors (Lipinski definition) is 1. The summed E-state index contributed by atoms with van der Waals surface area (Å²) in [6, 6.07) is 4.42. The summed E-state index contributed by atoms with van der Waals surface area (Å²) in [5.41, 5.74) is 0.473. The normalized spacial score (nSPS) is 11.8. The Morgan fingerprint density at radius 2 is 2.14 bits per heavy atom. The Hall–Kier alpha value is -2.31. The lowest BCUT2D eigenvalue weighted by atomic mass is 10.1. The Balaban J connectivity index is 3.22. The number of nitro groups is 1. The van der Waals surface area contributed by atoms with Crippen LogP contribution in [0.1, 0.15) is 27.2 Å². The van der Waals surface area contributed by atoms with E-state index < -0.39 is 10.9 Å². The molecule has 1 aromatic carbocycles. The van der Waals surface area contributed by atoms with Gasteiger partial charge in [-0.05, 0) is 26.3 Å². The summed E-state index contributed by atoms with van der Waals surface area (Å²) in [4.78, 5) is 23.1. The van der Waals surface area contributed by atoms with Crippen molar-refractivity contribution < 1.29 is 19.6 Å². The van der Waals surface area contributed by atoms with E-state index in [1.807, 2.05) is 13.8 Å². The molecule has 1 atom stereocenters. The fourth-order valence-electron chi connectivity index (χ4n) is 1.97. The van der Waals surface area contributed by atoms with Gasteiger partial charge in [0.15, 0.2) is 5.75 Å². The summed E-state index contributed by atoms with van der Waals surface area (Å²) < 4.78 is 5.29. The molecule has 1 unspecified atom stereocenters. The molecule has 0 radical (unpaired) electrons. The van der Waals surface area contributed by atoms with Gasteiger partial charge in [0.25, 0.3) is 0 Å². The van der Waals surface area contributed by atoms with E-state index >= 15 is 0 Å². The van der Waals surface area contributed by atoms with Gasteiger partial charge in [-0.25, -0.2) is 0 Å². The van der Waals surface area contributed by atoms with Gasteiger partial charge >= 0.3 is 11.7 Å². The van der Waals surface area contributed by atoms with Crippen molar-refractivity contribution in [1.29, 1.82) is 0 Å². The minimum Gasteiger partial charge on any atom is -0.487 e. The number of ether oxygens (including phenoxy) is 1. The molecule has 0 aliphatic heterocycles. The number of carboxylic acids is 1. The third-order valence-corrected chi connectivity index (χ3v) is 3.20. The molecule has 0 aromatic heterocycles. The monoisotopic (exact) mass is 296 g/mol. The third kappa shape index (κ3) is 4.34. The predicted molar refractivity (Wildman–Crippen MR) is 79.0 cm³/mol. The summed E-state index contributed by atoms with van der Waals surface area (Å²) in [7, 11) is 0. The van der Waals surface area contributed by atoms with Crippen LogP contribution in [-0.2, 0) is 4.79 Å². The smallest absolute Gasteiger partial charge is 0.323 e. The highest BCUT2D eigenvalue weighted by molar-refractivity contribution is 5.74. The average molecular weight is 296 g/mol. The van der Waals surface area contributed by atoms with Crippen LogP contribution in [0, 0.1) is 10.1 Å². The van der Waals surface area contributed by atoms with Crippen molar-refractivity contribution in [3.8, 4) is 5.75 Å². The average Bonchev–Trinajstić information content (AvgIpc) is 2.43. The number of nitro benzene ring substituents is 1. The Labute approximate surface area is 123 Å². The van der Waals surface area contributed by atoms with Crippen molar-refractivity contribution in [2.75, 3.05) is 18.1 Å². The van der Waals surface area contributed by atoms with Crippen LogP contribution in [0.4, 0.5) is 11.4 Å². The zero-order valence-electron chi connectivity index (χ0n) is 12.4. The number of anilines is 1. The lowest BCUT2D eigenvalue weighted by Crippen LogP contribution is -2.37. The molecule has 7 heteroatoms. The van der Waals surface area contributed by atoms with Gasteiger partial charge in [0.2, 0.25) is 0 Å². The molecule has 0 aliphatic carbocycles.